The molecule has 0 radical (unpaired) electrons. The molecule has 0 aromatic carbocycles. The van der Waals surface area contributed by atoms with E-state index in [1.54, 1.807) is 0 Å². The van der Waals surface area contributed by atoms with Gasteiger partial charge in [0.1, 0.15) is 6.10 Å². The van der Waals surface area contributed by atoms with E-state index in [9.17, 15) is 14.7 Å². The van der Waals surface area contributed by atoms with Crippen molar-refractivity contribution in [3.05, 3.63) is 0 Å². The molecule has 0 heterocycles. The molecule has 0 amide bonds. The zero-order valence-electron chi connectivity index (χ0n) is 20.7. The molecule has 4 nitrogen and oxygen atoms in total. The van der Waals surface area contributed by atoms with Gasteiger partial charge < -0.3 is 9.84 Å². The normalized spacial score (nSPS) is 20.0. The largest absolute Gasteiger partial charge is 0.481 e. The Labute approximate surface area is 191 Å². The summed E-state index contributed by atoms with van der Waals surface area (Å²) in [6, 6.07) is 0. The van der Waals surface area contributed by atoms with Crippen molar-refractivity contribution in [3.63, 3.8) is 0 Å². The summed E-state index contributed by atoms with van der Waals surface area (Å²) in [4.78, 5) is 24.1. The minimum atomic E-state index is -0.766. The molecular formula is C27H50O4. The third kappa shape index (κ3) is 13.9. The van der Waals surface area contributed by atoms with E-state index in [0.29, 0.717) is 18.8 Å². The van der Waals surface area contributed by atoms with Crippen molar-refractivity contribution in [2.24, 2.45) is 17.8 Å². The Hall–Kier alpha value is -1.06. The molecule has 1 aliphatic rings. The molecule has 1 saturated carbocycles. The van der Waals surface area contributed by atoms with Gasteiger partial charge in [-0.1, -0.05) is 91.4 Å². The molecule has 0 aromatic heterocycles. The molecule has 3 atom stereocenters. The number of hydrogen-bond donors (Lipinski definition) is 1. The van der Waals surface area contributed by atoms with E-state index < -0.39 is 5.97 Å². The van der Waals surface area contributed by atoms with Crippen molar-refractivity contribution in [2.45, 2.75) is 142 Å². The summed E-state index contributed by atoms with van der Waals surface area (Å²) in [5.74, 6) is -0.800. The molecule has 0 aromatic rings. The predicted octanol–water partition coefficient (Wildman–Crippen LogP) is 7.93. The molecule has 1 fully saturated rings. The van der Waals surface area contributed by atoms with E-state index in [1.165, 1.54) is 64.2 Å². The SMILES string of the molecule is CCCCCCCCCCCC(CCCCC(C)C)OC(=O)C1CCCC(C(=O)O)C1. The second-order valence-corrected chi connectivity index (χ2v) is 10.3. The lowest BCUT2D eigenvalue weighted by Gasteiger charge is -2.27. The van der Waals surface area contributed by atoms with Crippen molar-refractivity contribution in [1.29, 1.82) is 0 Å². The lowest BCUT2D eigenvalue weighted by atomic mass is 9.81. The topological polar surface area (TPSA) is 63.6 Å². The van der Waals surface area contributed by atoms with Gasteiger partial charge in [-0.25, -0.2) is 0 Å². The minimum Gasteiger partial charge on any atom is -0.481 e. The molecule has 1 aliphatic carbocycles. The number of unbranched alkanes of at least 4 members (excludes halogenated alkanes) is 9. The fourth-order valence-corrected chi connectivity index (χ4v) is 4.76. The Bertz CT molecular complexity index is 474. The van der Waals surface area contributed by atoms with Crippen LogP contribution in [0.25, 0.3) is 0 Å². The van der Waals surface area contributed by atoms with E-state index in [-0.39, 0.29) is 23.9 Å². The first-order valence-corrected chi connectivity index (χ1v) is 13.4. The maximum atomic E-state index is 12.8. The number of carboxylic acid groups (broad SMARTS) is 1. The van der Waals surface area contributed by atoms with Crippen LogP contribution in [0.1, 0.15) is 136 Å². The number of esters is 1. The van der Waals surface area contributed by atoms with Gasteiger partial charge in [0.2, 0.25) is 0 Å². The molecule has 1 rings (SSSR count). The van der Waals surface area contributed by atoms with Gasteiger partial charge in [0.15, 0.2) is 0 Å². The first kappa shape index (κ1) is 28.0. The van der Waals surface area contributed by atoms with Crippen LogP contribution >= 0.6 is 0 Å². The first-order chi connectivity index (χ1) is 14.9. The number of carboxylic acids is 1. The highest BCUT2D eigenvalue weighted by Crippen LogP contribution is 2.31. The van der Waals surface area contributed by atoms with Gasteiger partial charge >= 0.3 is 11.9 Å². The highest BCUT2D eigenvalue weighted by atomic mass is 16.5. The molecule has 3 unspecified atom stereocenters. The molecule has 182 valence electrons. The number of hydrogen-bond acceptors (Lipinski definition) is 3. The second kappa shape index (κ2) is 17.5. The molecule has 0 spiro atoms. The van der Waals surface area contributed by atoms with Crippen molar-refractivity contribution in [1.82, 2.24) is 0 Å². The van der Waals surface area contributed by atoms with Crippen molar-refractivity contribution >= 4 is 11.9 Å². The summed E-state index contributed by atoms with van der Waals surface area (Å²) in [6.45, 7) is 6.76. The average molecular weight is 439 g/mol. The van der Waals surface area contributed by atoms with E-state index in [4.69, 9.17) is 4.74 Å². The summed E-state index contributed by atoms with van der Waals surface area (Å²) in [5, 5.41) is 9.30. The van der Waals surface area contributed by atoms with Gasteiger partial charge in [-0.3, -0.25) is 9.59 Å². The third-order valence-corrected chi connectivity index (χ3v) is 6.83. The lowest BCUT2D eigenvalue weighted by Crippen LogP contribution is -2.31. The van der Waals surface area contributed by atoms with Gasteiger partial charge in [-0.15, -0.1) is 0 Å². The van der Waals surface area contributed by atoms with Crippen LogP contribution in [0.3, 0.4) is 0 Å². The van der Waals surface area contributed by atoms with Crippen LogP contribution < -0.4 is 0 Å². The predicted molar refractivity (Wildman–Crippen MR) is 128 cm³/mol. The van der Waals surface area contributed by atoms with E-state index >= 15 is 0 Å². The molecule has 0 saturated heterocycles. The van der Waals surface area contributed by atoms with Gasteiger partial charge in [-0.05, 0) is 50.9 Å². The molecule has 1 N–H and O–H groups in total. The van der Waals surface area contributed by atoms with Crippen LogP contribution in [0.4, 0.5) is 0 Å². The summed E-state index contributed by atoms with van der Waals surface area (Å²) in [6.07, 6.45) is 19.9. The maximum absolute atomic E-state index is 12.8. The summed E-state index contributed by atoms with van der Waals surface area (Å²) in [7, 11) is 0. The average Bonchev–Trinajstić information content (AvgIpc) is 2.75. The molecule has 4 heteroatoms. The molecular weight excluding hydrogens is 388 g/mol. The van der Waals surface area contributed by atoms with Gasteiger partial charge in [0, 0.05) is 0 Å². The van der Waals surface area contributed by atoms with E-state index in [2.05, 4.69) is 20.8 Å². The molecule has 0 bridgehead atoms. The number of ether oxygens (including phenoxy) is 1. The van der Waals surface area contributed by atoms with Crippen LogP contribution in [0, 0.1) is 17.8 Å². The Morgan fingerprint density at radius 2 is 1.32 bits per heavy atom. The van der Waals surface area contributed by atoms with Crippen molar-refractivity contribution in [3.8, 4) is 0 Å². The monoisotopic (exact) mass is 438 g/mol. The Morgan fingerprint density at radius 3 is 1.90 bits per heavy atom. The van der Waals surface area contributed by atoms with Crippen molar-refractivity contribution < 1.29 is 19.4 Å². The van der Waals surface area contributed by atoms with Gasteiger partial charge in [-0.2, -0.15) is 0 Å². The van der Waals surface area contributed by atoms with Gasteiger partial charge in [0.05, 0.1) is 11.8 Å². The standard InChI is InChI=1S/C27H50O4/c1-4-5-6-7-8-9-10-11-12-19-25(20-14-13-16-22(2)3)31-27(30)24-18-15-17-23(21-24)26(28)29/h22-25H,4-21H2,1-3H3,(H,28,29). The zero-order chi connectivity index (χ0) is 22.9. The minimum absolute atomic E-state index is 0.00872. The number of aliphatic carboxylic acids is 1. The quantitative estimate of drug-likeness (QED) is 0.174. The van der Waals surface area contributed by atoms with Gasteiger partial charge in [0.25, 0.3) is 0 Å². The first-order valence-electron chi connectivity index (χ1n) is 13.4. The second-order valence-electron chi connectivity index (χ2n) is 10.3. The van der Waals surface area contributed by atoms with Crippen LogP contribution in [0.5, 0.6) is 0 Å². The fourth-order valence-electron chi connectivity index (χ4n) is 4.76. The van der Waals surface area contributed by atoms with Crippen LogP contribution in [0.15, 0.2) is 0 Å². The summed E-state index contributed by atoms with van der Waals surface area (Å²) >= 11 is 0. The van der Waals surface area contributed by atoms with Crippen LogP contribution in [-0.2, 0) is 14.3 Å². The zero-order valence-corrected chi connectivity index (χ0v) is 20.7. The number of carbonyl (C=O) groups is 2. The van der Waals surface area contributed by atoms with Crippen LogP contribution in [0.2, 0.25) is 0 Å². The smallest absolute Gasteiger partial charge is 0.309 e. The summed E-state index contributed by atoms with van der Waals surface area (Å²) < 4.78 is 5.97. The summed E-state index contributed by atoms with van der Waals surface area (Å²) in [5.41, 5.74) is 0. The van der Waals surface area contributed by atoms with Crippen molar-refractivity contribution in [2.75, 3.05) is 0 Å². The fraction of sp³-hybridized carbons (Fsp3) is 0.926. The number of rotatable bonds is 18. The Balaban J connectivity index is 2.36. The number of carbonyl (C=O) groups excluding carboxylic acids is 1. The third-order valence-electron chi connectivity index (χ3n) is 6.83. The highest BCUT2D eigenvalue weighted by Gasteiger charge is 2.32. The Morgan fingerprint density at radius 1 is 0.806 bits per heavy atom. The maximum Gasteiger partial charge on any atom is 0.309 e. The Kier molecular flexibility index (Phi) is 15.8. The van der Waals surface area contributed by atoms with Crippen LogP contribution in [-0.4, -0.2) is 23.1 Å². The highest BCUT2D eigenvalue weighted by molar-refractivity contribution is 5.75. The molecule has 0 aliphatic heterocycles. The lowest BCUT2D eigenvalue weighted by molar-refractivity contribution is -0.158. The van der Waals surface area contributed by atoms with E-state index in [0.717, 1.165) is 38.5 Å². The molecule has 31 heavy (non-hydrogen) atoms. The van der Waals surface area contributed by atoms with E-state index in [1.807, 2.05) is 0 Å².